The molecule has 4 amide bonds. The molecule has 2 aliphatic carbocycles. The number of piperazine rings is 1. The molecule has 0 N–H and O–H groups in total. The number of likely N-dealkylation sites (tertiary alicyclic amines) is 1. The van der Waals surface area contributed by atoms with Gasteiger partial charge < -0.3 is 9.80 Å². The first-order valence-electron chi connectivity index (χ1n) is 9.63. The quantitative estimate of drug-likeness (QED) is 0.538. The largest absolute Gasteiger partial charge is 0.339 e. The molecule has 0 radical (unpaired) electrons. The van der Waals surface area contributed by atoms with Crippen LogP contribution in [0.15, 0.2) is 12.2 Å². The van der Waals surface area contributed by atoms with Crippen LogP contribution >= 0.6 is 0 Å². The Labute approximate surface area is 153 Å². The smallest absolute Gasteiger partial charge is 0.233 e. The number of hydrogen-bond donors (Lipinski definition) is 0. The van der Waals surface area contributed by atoms with Crippen molar-refractivity contribution >= 4 is 23.6 Å². The van der Waals surface area contributed by atoms with Crippen LogP contribution in [0.4, 0.5) is 0 Å². The molecule has 7 nitrogen and oxygen atoms in total. The zero-order valence-corrected chi connectivity index (χ0v) is 14.9. The summed E-state index contributed by atoms with van der Waals surface area (Å²) in [7, 11) is 0. The maximum atomic E-state index is 12.5. The molecule has 4 rings (SSSR count). The second-order valence-electron chi connectivity index (χ2n) is 7.71. The molecule has 2 aliphatic heterocycles. The van der Waals surface area contributed by atoms with E-state index in [4.69, 9.17) is 0 Å². The van der Waals surface area contributed by atoms with E-state index in [1.807, 2.05) is 17.1 Å². The first kappa shape index (κ1) is 17.2. The molecule has 7 heteroatoms. The van der Waals surface area contributed by atoms with Crippen molar-refractivity contribution in [3.05, 3.63) is 12.2 Å². The van der Waals surface area contributed by atoms with Crippen molar-refractivity contribution in [2.45, 2.75) is 32.1 Å². The van der Waals surface area contributed by atoms with Gasteiger partial charge in [0.05, 0.1) is 11.8 Å². The number of amides is 4. The Bertz CT molecular complexity index is 636. The molecule has 2 heterocycles. The summed E-state index contributed by atoms with van der Waals surface area (Å²) in [4.78, 5) is 54.3. The summed E-state index contributed by atoms with van der Waals surface area (Å²) in [6, 6.07) is 0. The Hall–Kier alpha value is -2.18. The number of hydrogen-bond acceptors (Lipinski definition) is 4. The summed E-state index contributed by atoms with van der Waals surface area (Å²) in [6.45, 7) is 2.41. The molecular formula is C19H25N3O4. The van der Waals surface area contributed by atoms with Crippen molar-refractivity contribution in [2.75, 3.05) is 32.7 Å². The summed E-state index contributed by atoms with van der Waals surface area (Å²) in [5.41, 5.74) is 0. The van der Waals surface area contributed by atoms with E-state index in [0.717, 1.165) is 12.8 Å². The Balaban J connectivity index is 1.26. The van der Waals surface area contributed by atoms with E-state index in [1.165, 1.54) is 4.90 Å². The molecule has 0 bridgehead atoms. The van der Waals surface area contributed by atoms with Gasteiger partial charge in [-0.2, -0.15) is 0 Å². The molecule has 140 valence electrons. The van der Waals surface area contributed by atoms with E-state index < -0.39 is 0 Å². The Kier molecular flexibility index (Phi) is 4.54. The number of fused-ring (bicyclic) bond motifs is 1. The van der Waals surface area contributed by atoms with Crippen molar-refractivity contribution < 1.29 is 19.2 Å². The van der Waals surface area contributed by atoms with Gasteiger partial charge in [-0.1, -0.05) is 12.2 Å². The highest BCUT2D eigenvalue weighted by Gasteiger charge is 2.47. The minimum absolute atomic E-state index is 0.0443. The normalized spacial score (nSPS) is 28.5. The van der Waals surface area contributed by atoms with Crippen LogP contribution in [0.2, 0.25) is 0 Å². The molecule has 0 spiro atoms. The number of carbonyl (C=O) groups excluding carboxylic acids is 4. The summed E-state index contributed by atoms with van der Waals surface area (Å²) >= 11 is 0. The highest BCUT2D eigenvalue weighted by Crippen LogP contribution is 2.35. The molecule has 3 fully saturated rings. The highest BCUT2D eigenvalue weighted by atomic mass is 16.2. The summed E-state index contributed by atoms with van der Waals surface area (Å²) < 4.78 is 0. The topological polar surface area (TPSA) is 78.0 Å². The van der Waals surface area contributed by atoms with Crippen LogP contribution < -0.4 is 0 Å². The Morgan fingerprint density at radius 3 is 1.96 bits per heavy atom. The number of imide groups is 1. The van der Waals surface area contributed by atoms with Crippen LogP contribution in [0, 0.1) is 17.8 Å². The monoisotopic (exact) mass is 359 g/mol. The van der Waals surface area contributed by atoms with Gasteiger partial charge in [-0.3, -0.25) is 24.1 Å². The van der Waals surface area contributed by atoms with Crippen LogP contribution in [0.5, 0.6) is 0 Å². The molecule has 0 aromatic carbocycles. The average molecular weight is 359 g/mol. The van der Waals surface area contributed by atoms with Gasteiger partial charge in [0.1, 0.15) is 0 Å². The van der Waals surface area contributed by atoms with Gasteiger partial charge in [-0.15, -0.1) is 0 Å². The second-order valence-corrected chi connectivity index (χ2v) is 7.71. The fourth-order valence-electron chi connectivity index (χ4n) is 4.22. The third-order valence-electron chi connectivity index (χ3n) is 6.02. The molecule has 2 saturated heterocycles. The van der Waals surface area contributed by atoms with Crippen molar-refractivity contribution in [3.63, 3.8) is 0 Å². The molecule has 26 heavy (non-hydrogen) atoms. The van der Waals surface area contributed by atoms with E-state index >= 15 is 0 Å². The predicted molar refractivity (Wildman–Crippen MR) is 92.6 cm³/mol. The lowest BCUT2D eigenvalue weighted by molar-refractivity contribution is -0.143. The van der Waals surface area contributed by atoms with Gasteiger partial charge in [-0.05, 0) is 25.7 Å². The molecular weight excluding hydrogens is 334 g/mol. The van der Waals surface area contributed by atoms with Crippen LogP contribution in [0.3, 0.4) is 0 Å². The van der Waals surface area contributed by atoms with Gasteiger partial charge in [0.25, 0.3) is 0 Å². The van der Waals surface area contributed by atoms with E-state index in [1.54, 1.807) is 4.90 Å². The van der Waals surface area contributed by atoms with Gasteiger partial charge in [0.15, 0.2) is 0 Å². The molecule has 4 aliphatic rings. The van der Waals surface area contributed by atoms with Crippen molar-refractivity contribution in [1.29, 1.82) is 0 Å². The van der Waals surface area contributed by atoms with Gasteiger partial charge >= 0.3 is 0 Å². The van der Waals surface area contributed by atoms with Crippen LogP contribution in [-0.4, -0.2) is 71.1 Å². The summed E-state index contributed by atoms with van der Waals surface area (Å²) in [6.07, 6.45) is 7.32. The standard InChI is InChI=1S/C19H25N3O4/c23-16(20-9-11-21(12-10-20)17(24)13-5-6-13)7-8-22-18(25)14-3-1-2-4-15(14)19(22)26/h1-2,13-15H,3-12H2. The van der Waals surface area contributed by atoms with Crippen molar-refractivity contribution in [1.82, 2.24) is 14.7 Å². The molecule has 2 atom stereocenters. The average Bonchev–Trinajstić information content (AvgIpc) is 3.49. The molecule has 0 aromatic rings. The number of rotatable bonds is 4. The summed E-state index contributed by atoms with van der Waals surface area (Å²) in [5, 5.41) is 0. The Morgan fingerprint density at radius 2 is 1.42 bits per heavy atom. The maximum absolute atomic E-state index is 12.5. The summed E-state index contributed by atoms with van der Waals surface area (Å²) in [5.74, 6) is -0.339. The zero-order valence-electron chi connectivity index (χ0n) is 14.9. The number of allylic oxidation sites excluding steroid dienone is 2. The van der Waals surface area contributed by atoms with E-state index in [-0.39, 0.29) is 54.3 Å². The van der Waals surface area contributed by atoms with Crippen molar-refractivity contribution in [3.8, 4) is 0 Å². The van der Waals surface area contributed by atoms with Gasteiger partial charge in [0.2, 0.25) is 23.6 Å². The minimum Gasteiger partial charge on any atom is -0.339 e. The fraction of sp³-hybridized carbons (Fsp3) is 0.684. The number of nitrogens with zero attached hydrogens (tertiary/aromatic N) is 3. The first-order chi connectivity index (χ1) is 12.6. The van der Waals surface area contributed by atoms with Gasteiger partial charge in [0, 0.05) is 45.1 Å². The SMILES string of the molecule is O=C(CCN1C(=O)C2CC=CCC2C1=O)N1CCN(C(=O)C2CC2)CC1. The van der Waals surface area contributed by atoms with E-state index in [2.05, 4.69) is 0 Å². The first-order valence-corrected chi connectivity index (χ1v) is 9.63. The second kappa shape index (κ2) is 6.85. The maximum Gasteiger partial charge on any atom is 0.233 e. The van der Waals surface area contributed by atoms with Crippen LogP contribution in [-0.2, 0) is 19.2 Å². The highest BCUT2D eigenvalue weighted by molar-refractivity contribution is 6.05. The third kappa shape index (κ3) is 3.15. The predicted octanol–water partition coefficient (Wildman–Crippen LogP) is 0.409. The lowest BCUT2D eigenvalue weighted by atomic mass is 9.85. The lowest BCUT2D eigenvalue weighted by Crippen LogP contribution is -2.51. The Morgan fingerprint density at radius 1 is 0.885 bits per heavy atom. The van der Waals surface area contributed by atoms with E-state index in [0.29, 0.717) is 39.0 Å². The van der Waals surface area contributed by atoms with Gasteiger partial charge in [-0.25, -0.2) is 0 Å². The number of carbonyl (C=O) groups is 4. The minimum atomic E-state index is -0.236. The van der Waals surface area contributed by atoms with E-state index in [9.17, 15) is 19.2 Å². The molecule has 0 aromatic heterocycles. The fourth-order valence-corrected chi connectivity index (χ4v) is 4.22. The van der Waals surface area contributed by atoms with Crippen molar-refractivity contribution in [2.24, 2.45) is 17.8 Å². The molecule has 2 unspecified atom stereocenters. The molecule has 1 saturated carbocycles. The van der Waals surface area contributed by atoms with Crippen LogP contribution in [0.1, 0.15) is 32.1 Å². The third-order valence-corrected chi connectivity index (χ3v) is 6.02. The zero-order chi connectivity index (χ0) is 18.3. The van der Waals surface area contributed by atoms with Crippen LogP contribution in [0.25, 0.3) is 0 Å². The lowest BCUT2D eigenvalue weighted by Gasteiger charge is -2.35.